The number of rotatable bonds is 7. The molecule has 2 unspecified atom stereocenters. The Morgan fingerprint density at radius 1 is 0.972 bits per heavy atom. The standard InChI is InChI=1S/C23H19Cl3F6N2O2/c1-11-7-13(3-5-15(11)21(36)33-10-19(35)34-12(2)22(27,28)29)4-6-16(23(30,31)32)14-8-17(24)20(26)18(25)9-14/h3-9,12,16H,10H2,1-2H3,(H,33,36)(H,34,35). The van der Waals surface area contributed by atoms with Crippen LogP contribution in [-0.2, 0) is 4.79 Å². The second-order valence-electron chi connectivity index (χ2n) is 7.76. The maximum Gasteiger partial charge on any atom is 0.408 e. The summed E-state index contributed by atoms with van der Waals surface area (Å²) in [4.78, 5) is 24.0. The SMILES string of the molecule is Cc1cc(C=CC(c2cc(Cl)c(Cl)c(Cl)c2)C(F)(F)F)ccc1C(=O)NCC(=O)NC(C)C(F)(F)F. The highest BCUT2D eigenvalue weighted by atomic mass is 35.5. The smallest absolute Gasteiger partial charge is 0.343 e. The Kier molecular flexibility index (Phi) is 9.72. The fourth-order valence-electron chi connectivity index (χ4n) is 3.05. The number of benzene rings is 2. The average molecular weight is 576 g/mol. The minimum absolute atomic E-state index is 0.0659. The number of amides is 2. The van der Waals surface area contributed by atoms with Gasteiger partial charge in [-0.15, -0.1) is 0 Å². The summed E-state index contributed by atoms with van der Waals surface area (Å²) < 4.78 is 78.6. The molecule has 0 saturated heterocycles. The molecule has 2 N–H and O–H groups in total. The summed E-state index contributed by atoms with van der Waals surface area (Å²) in [6.07, 6.45) is -7.20. The van der Waals surface area contributed by atoms with E-state index in [0.29, 0.717) is 11.1 Å². The number of halogens is 9. The third-order valence-corrected chi connectivity index (χ3v) is 6.17. The molecule has 2 rings (SSSR count). The van der Waals surface area contributed by atoms with Gasteiger partial charge in [0.25, 0.3) is 5.91 Å². The molecule has 0 saturated carbocycles. The molecule has 196 valence electrons. The van der Waals surface area contributed by atoms with Gasteiger partial charge < -0.3 is 10.6 Å². The van der Waals surface area contributed by atoms with Gasteiger partial charge >= 0.3 is 12.4 Å². The van der Waals surface area contributed by atoms with Crippen LogP contribution in [0, 0.1) is 6.92 Å². The van der Waals surface area contributed by atoms with Crippen molar-refractivity contribution >= 4 is 52.7 Å². The van der Waals surface area contributed by atoms with E-state index in [4.69, 9.17) is 34.8 Å². The zero-order valence-electron chi connectivity index (χ0n) is 18.6. The first kappa shape index (κ1) is 29.8. The molecular weight excluding hydrogens is 557 g/mol. The Bertz CT molecular complexity index is 1140. The number of hydrogen-bond donors (Lipinski definition) is 2. The predicted molar refractivity (Wildman–Crippen MR) is 126 cm³/mol. The molecule has 0 aliphatic carbocycles. The monoisotopic (exact) mass is 574 g/mol. The Morgan fingerprint density at radius 3 is 2.06 bits per heavy atom. The van der Waals surface area contributed by atoms with Crippen molar-refractivity contribution in [2.75, 3.05) is 6.54 Å². The molecular formula is C23H19Cl3F6N2O2. The second-order valence-corrected chi connectivity index (χ2v) is 8.96. The van der Waals surface area contributed by atoms with Gasteiger partial charge in [0.15, 0.2) is 0 Å². The lowest BCUT2D eigenvalue weighted by molar-refractivity contribution is -0.157. The van der Waals surface area contributed by atoms with Crippen molar-refractivity contribution < 1.29 is 35.9 Å². The van der Waals surface area contributed by atoms with E-state index >= 15 is 0 Å². The first-order chi connectivity index (χ1) is 16.5. The Hall–Kier alpha value is -2.43. The molecule has 0 radical (unpaired) electrons. The largest absolute Gasteiger partial charge is 0.408 e. The molecule has 4 nitrogen and oxygen atoms in total. The lowest BCUT2D eigenvalue weighted by Gasteiger charge is -2.18. The van der Waals surface area contributed by atoms with Crippen LogP contribution >= 0.6 is 34.8 Å². The predicted octanol–water partition coefficient (Wildman–Crippen LogP) is 7.11. The van der Waals surface area contributed by atoms with Crippen molar-refractivity contribution in [1.82, 2.24) is 10.6 Å². The second kappa shape index (κ2) is 11.7. The molecule has 0 bridgehead atoms. The van der Waals surface area contributed by atoms with Crippen molar-refractivity contribution in [3.63, 3.8) is 0 Å². The molecule has 0 aliphatic heterocycles. The molecule has 2 atom stereocenters. The van der Waals surface area contributed by atoms with Gasteiger partial charge in [0.05, 0.1) is 27.5 Å². The number of carbonyl (C=O) groups is 2. The van der Waals surface area contributed by atoms with Crippen molar-refractivity contribution in [2.45, 2.75) is 38.2 Å². The third kappa shape index (κ3) is 8.04. The van der Waals surface area contributed by atoms with Crippen LogP contribution in [0.4, 0.5) is 26.3 Å². The summed E-state index contributed by atoms with van der Waals surface area (Å²) in [5.74, 6) is -3.83. The number of carbonyl (C=O) groups excluding carboxylic acids is 2. The highest BCUT2D eigenvalue weighted by molar-refractivity contribution is 6.48. The van der Waals surface area contributed by atoms with Crippen LogP contribution in [0.5, 0.6) is 0 Å². The van der Waals surface area contributed by atoms with Gasteiger partial charge in [-0.3, -0.25) is 9.59 Å². The number of alkyl halides is 6. The van der Waals surface area contributed by atoms with E-state index in [1.54, 1.807) is 5.32 Å². The van der Waals surface area contributed by atoms with Gasteiger partial charge in [0, 0.05) is 5.56 Å². The van der Waals surface area contributed by atoms with Crippen LogP contribution in [0.25, 0.3) is 6.08 Å². The van der Waals surface area contributed by atoms with Gasteiger partial charge in [0.2, 0.25) is 5.91 Å². The first-order valence-electron chi connectivity index (χ1n) is 10.1. The zero-order valence-corrected chi connectivity index (χ0v) is 20.9. The molecule has 0 aromatic heterocycles. The summed E-state index contributed by atoms with van der Waals surface area (Å²) in [6, 6.07) is 4.19. The molecule has 0 fully saturated rings. The topological polar surface area (TPSA) is 58.2 Å². The van der Waals surface area contributed by atoms with E-state index in [1.165, 1.54) is 31.2 Å². The van der Waals surface area contributed by atoms with Crippen LogP contribution in [-0.4, -0.2) is 36.8 Å². The lowest BCUT2D eigenvalue weighted by Crippen LogP contribution is -2.47. The van der Waals surface area contributed by atoms with Gasteiger partial charge in [-0.2, -0.15) is 26.3 Å². The molecule has 36 heavy (non-hydrogen) atoms. The Morgan fingerprint density at radius 2 is 1.56 bits per heavy atom. The van der Waals surface area contributed by atoms with E-state index in [0.717, 1.165) is 25.1 Å². The number of nitrogens with one attached hydrogen (secondary N) is 2. The summed E-state index contributed by atoms with van der Waals surface area (Å²) in [7, 11) is 0. The summed E-state index contributed by atoms with van der Waals surface area (Å²) in [5, 5.41) is 3.59. The molecule has 2 aromatic rings. The minimum Gasteiger partial charge on any atom is -0.343 e. The molecule has 13 heteroatoms. The van der Waals surface area contributed by atoms with Crippen LogP contribution in [0.15, 0.2) is 36.4 Å². The molecule has 0 heterocycles. The van der Waals surface area contributed by atoms with Crippen LogP contribution < -0.4 is 10.6 Å². The maximum atomic E-state index is 13.7. The summed E-state index contributed by atoms with van der Waals surface area (Å²) in [5.41, 5.74) is 0.567. The Labute approximate surface area is 217 Å². The number of allylic oxidation sites excluding steroid dienone is 1. The third-order valence-electron chi connectivity index (χ3n) is 4.97. The quantitative estimate of drug-likeness (QED) is 0.273. The fourth-order valence-corrected chi connectivity index (χ4v) is 3.66. The maximum absolute atomic E-state index is 13.7. The van der Waals surface area contributed by atoms with Crippen molar-refractivity contribution in [2.24, 2.45) is 0 Å². The van der Waals surface area contributed by atoms with Crippen molar-refractivity contribution in [1.29, 1.82) is 0 Å². The van der Waals surface area contributed by atoms with Crippen LogP contribution in [0.3, 0.4) is 0 Å². The highest BCUT2D eigenvalue weighted by Crippen LogP contribution is 2.41. The minimum atomic E-state index is -4.67. The molecule has 0 spiro atoms. The van der Waals surface area contributed by atoms with Gasteiger partial charge in [-0.1, -0.05) is 59.1 Å². The van der Waals surface area contributed by atoms with Gasteiger partial charge in [0.1, 0.15) is 6.04 Å². The normalized spacial score (nSPS) is 14.0. The zero-order chi connectivity index (χ0) is 27.4. The summed E-state index contributed by atoms with van der Waals surface area (Å²) >= 11 is 17.6. The van der Waals surface area contributed by atoms with E-state index in [9.17, 15) is 35.9 Å². The lowest BCUT2D eigenvalue weighted by atomic mass is 9.96. The molecule has 0 aliphatic rings. The molecule has 2 aromatic carbocycles. The van der Waals surface area contributed by atoms with E-state index in [1.807, 2.05) is 0 Å². The Balaban J connectivity index is 2.15. The van der Waals surface area contributed by atoms with E-state index in [2.05, 4.69) is 5.32 Å². The van der Waals surface area contributed by atoms with Crippen LogP contribution in [0.2, 0.25) is 15.1 Å². The average Bonchev–Trinajstić information content (AvgIpc) is 2.74. The van der Waals surface area contributed by atoms with Gasteiger partial charge in [-0.25, -0.2) is 0 Å². The van der Waals surface area contributed by atoms with Crippen molar-refractivity contribution in [3.05, 3.63) is 73.7 Å². The van der Waals surface area contributed by atoms with E-state index in [-0.39, 0.29) is 26.2 Å². The fraction of sp³-hybridized carbons (Fsp3) is 0.304. The number of hydrogen-bond acceptors (Lipinski definition) is 2. The van der Waals surface area contributed by atoms with Crippen LogP contribution in [0.1, 0.15) is 39.9 Å². The van der Waals surface area contributed by atoms with Crippen molar-refractivity contribution in [3.8, 4) is 0 Å². The highest BCUT2D eigenvalue weighted by Gasteiger charge is 2.39. The molecule has 2 amide bonds. The number of aryl methyl sites for hydroxylation is 1. The van der Waals surface area contributed by atoms with Gasteiger partial charge in [-0.05, 0) is 48.7 Å². The van der Waals surface area contributed by atoms with E-state index < -0.39 is 42.7 Å². The summed E-state index contributed by atoms with van der Waals surface area (Å²) in [6.45, 7) is 1.58. The first-order valence-corrected chi connectivity index (χ1v) is 11.3.